The molecule has 0 radical (unpaired) electrons. The third-order valence-electron chi connectivity index (χ3n) is 3.00. The molecule has 0 saturated carbocycles. The van der Waals surface area contributed by atoms with E-state index in [2.05, 4.69) is 5.32 Å². The molecule has 1 unspecified atom stereocenters. The van der Waals surface area contributed by atoms with Crippen molar-refractivity contribution in [1.29, 1.82) is 0 Å². The Balaban J connectivity index is 2.67. The Labute approximate surface area is 125 Å². The number of rotatable bonds is 7. The summed E-state index contributed by atoms with van der Waals surface area (Å²) >= 11 is 0. The maximum atomic E-state index is 12.0. The van der Waals surface area contributed by atoms with Crippen LogP contribution in [0, 0.1) is 5.92 Å². The molecular weight excluding hydrogens is 290 g/mol. The predicted octanol–water partition coefficient (Wildman–Crippen LogP) is 1.33. The van der Waals surface area contributed by atoms with E-state index < -0.39 is 27.5 Å². The quantitative estimate of drug-likeness (QED) is 0.824. The molecule has 1 atom stereocenters. The number of benzene rings is 1. The first-order valence-corrected chi connectivity index (χ1v) is 8.57. The van der Waals surface area contributed by atoms with E-state index in [1.807, 2.05) is 0 Å². The summed E-state index contributed by atoms with van der Waals surface area (Å²) in [5, 5.41) is 2.49. The summed E-state index contributed by atoms with van der Waals surface area (Å²) in [6.45, 7) is 4.97. The summed E-state index contributed by atoms with van der Waals surface area (Å²) in [4.78, 5) is 23.2. The highest BCUT2D eigenvalue weighted by Gasteiger charge is 2.24. The standard InChI is InChI=1S/C15H21NO4S/c1-11(2)15(12(3)17)16-14(18)10-21(19,20)9-13-7-5-4-6-8-13/h4-8,11,15H,9-10H2,1-3H3,(H,16,18). The van der Waals surface area contributed by atoms with E-state index in [9.17, 15) is 18.0 Å². The van der Waals surface area contributed by atoms with Gasteiger partial charge in [-0.15, -0.1) is 0 Å². The lowest BCUT2D eigenvalue weighted by Gasteiger charge is -2.19. The molecule has 0 aliphatic carbocycles. The van der Waals surface area contributed by atoms with Crippen LogP contribution in [-0.2, 0) is 25.2 Å². The number of Topliss-reactive ketones (excluding diaryl/α,β-unsaturated/α-hetero) is 1. The number of carbonyl (C=O) groups excluding carboxylic acids is 2. The molecule has 0 aliphatic heterocycles. The molecule has 0 aliphatic rings. The Hall–Kier alpha value is -1.69. The van der Waals surface area contributed by atoms with Gasteiger partial charge in [0.1, 0.15) is 5.75 Å². The van der Waals surface area contributed by atoms with E-state index in [1.54, 1.807) is 44.2 Å². The average Bonchev–Trinajstić information content (AvgIpc) is 2.35. The van der Waals surface area contributed by atoms with Crippen LogP contribution >= 0.6 is 0 Å². The minimum atomic E-state index is -3.55. The lowest BCUT2D eigenvalue weighted by Crippen LogP contribution is -2.45. The van der Waals surface area contributed by atoms with Crippen molar-refractivity contribution >= 4 is 21.5 Å². The van der Waals surface area contributed by atoms with Crippen LogP contribution in [0.3, 0.4) is 0 Å². The van der Waals surface area contributed by atoms with E-state index in [-0.39, 0.29) is 17.5 Å². The molecule has 21 heavy (non-hydrogen) atoms. The molecule has 0 heterocycles. The van der Waals surface area contributed by atoms with Crippen molar-refractivity contribution in [2.24, 2.45) is 5.92 Å². The first kappa shape index (κ1) is 17.4. The van der Waals surface area contributed by atoms with Crippen LogP contribution in [-0.4, -0.2) is 31.9 Å². The summed E-state index contributed by atoms with van der Waals surface area (Å²) in [5.41, 5.74) is 0.636. The summed E-state index contributed by atoms with van der Waals surface area (Å²) in [5.74, 6) is -1.70. The summed E-state index contributed by atoms with van der Waals surface area (Å²) < 4.78 is 24.0. The smallest absolute Gasteiger partial charge is 0.235 e. The SMILES string of the molecule is CC(=O)C(NC(=O)CS(=O)(=O)Cc1ccccc1)C(C)C. The zero-order chi connectivity index (χ0) is 16.0. The third-order valence-corrected chi connectivity index (χ3v) is 4.48. The van der Waals surface area contributed by atoms with Crippen molar-refractivity contribution < 1.29 is 18.0 Å². The van der Waals surface area contributed by atoms with Crippen LogP contribution in [0.5, 0.6) is 0 Å². The second kappa shape index (κ2) is 7.36. The second-order valence-electron chi connectivity index (χ2n) is 5.42. The monoisotopic (exact) mass is 311 g/mol. The number of carbonyl (C=O) groups is 2. The van der Waals surface area contributed by atoms with Gasteiger partial charge in [0, 0.05) is 0 Å². The van der Waals surface area contributed by atoms with Crippen LogP contribution in [0.1, 0.15) is 26.3 Å². The molecule has 0 saturated heterocycles. The van der Waals surface area contributed by atoms with Gasteiger partial charge in [-0.2, -0.15) is 0 Å². The number of amides is 1. The van der Waals surface area contributed by atoms with Crippen LogP contribution in [0.4, 0.5) is 0 Å². The Bertz CT molecular complexity index is 593. The van der Waals surface area contributed by atoms with Gasteiger partial charge in [-0.3, -0.25) is 9.59 Å². The van der Waals surface area contributed by atoms with Crippen molar-refractivity contribution in [3.8, 4) is 0 Å². The number of sulfone groups is 1. The number of hydrogen-bond acceptors (Lipinski definition) is 4. The third kappa shape index (κ3) is 6.08. The first-order valence-electron chi connectivity index (χ1n) is 6.75. The van der Waals surface area contributed by atoms with E-state index in [0.717, 1.165) is 0 Å². The molecule has 5 nitrogen and oxygen atoms in total. The average molecular weight is 311 g/mol. The fraction of sp³-hybridized carbons (Fsp3) is 0.467. The van der Waals surface area contributed by atoms with Gasteiger partial charge in [-0.25, -0.2) is 8.42 Å². The number of nitrogens with one attached hydrogen (secondary N) is 1. The minimum Gasteiger partial charge on any atom is -0.345 e. The van der Waals surface area contributed by atoms with Crippen LogP contribution in [0.2, 0.25) is 0 Å². The van der Waals surface area contributed by atoms with Gasteiger partial charge in [0.05, 0.1) is 11.8 Å². The van der Waals surface area contributed by atoms with Crippen molar-refractivity contribution in [2.75, 3.05) is 5.75 Å². The fourth-order valence-electron chi connectivity index (χ4n) is 2.03. The number of hydrogen-bond donors (Lipinski definition) is 1. The van der Waals surface area contributed by atoms with Crippen molar-refractivity contribution in [2.45, 2.75) is 32.6 Å². The fourth-order valence-corrected chi connectivity index (χ4v) is 3.32. The molecule has 0 spiro atoms. The molecule has 1 amide bonds. The van der Waals surface area contributed by atoms with Gasteiger partial charge in [0.25, 0.3) is 0 Å². The molecule has 1 aromatic carbocycles. The second-order valence-corrected chi connectivity index (χ2v) is 7.48. The zero-order valence-corrected chi connectivity index (χ0v) is 13.3. The highest BCUT2D eigenvalue weighted by Crippen LogP contribution is 2.07. The van der Waals surface area contributed by atoms with Crippen LogP contribution < -0.4 is 5.32 Å². The first-order chi connectivity index (χ1) is 9.71. The van der Waals surface area contributed by atoms with Crippen molar-refractivity contribution in [3.05, 3.63) is 35.9 Å². The van der Waals surface area contributed by atoms with Gasteiger partial charge in [0.2, 0.25) is 5.91 Å². The molecule has 1 aromatic rings. The summed E-state index contributed by atoms with van der Waals surface area (Å²) in [6.07, 6.45) is 0. The Morgan fingerprint density at radius 1 is 1.14 bits per heavy atom. The van der Waals surface area contributed by atoms with E-state index in [1.165, 1.54) is 6.92 Å². The van der Waals surface area contributed by atoms with Gasteiger partial charge in [-0.1, -0.05) is 44.2 Å². The van der Waals surface area contributed by atoms with E-state index in [0.29, 0.717) is 5.56 Å². The van der Waals surface area contributed by atoms with Gasteiger partial charge in [-0.05, 0) is 18.4 Å². The summed E-state index contributed by atoms with van der Waals surface area (Å²) in [6, 6.07) is 8.03. The Morgan fingerprint density at radius 3 is 2.19 bits per heavy atom. The van der Waals surface area contributed by atoms with Gasteiger partial charge < -0.3 is 5.32 Å². The predicted molar refractivity (Wildman–Crippen MR) is 81.4 cm³/mol. The topological polar surface area (TPSA) is 80.3 Å². The molecule has 0 aromatic heterocycles. The number of ketones is 1. The molecule has 116 valence electrons. The van der Waals surface area contributed by atoms with Crippen LogP contribution in [0.25, 0.3) is 0 Å². The molecule has 0 fully saturated rings. The summed E-state index contributed by atoms with van der Waals surface area (Å²) in [7, 11) is -3.55. The van der Waals surface area contributed by atoms with E-state index >= 15 is 0 Å². The molecule has 0 bridgehead atoms. The normalized spacial score (nSPS) is 13.0. The lowest BCUT2D eigenvalue weighted by molar-refractivity contribution is -0.126. The minimum absolute atomic E-state index is 0.0803. The molecule has 1 rings (SSSR count). The van der Waals surface area contributed by atoms with Gasteiger partial charge >= 0.3 is 0 Å². The van der Waals surface area contributed by atoms with Gasteiger partial charge in [0.15, 0.2) is 15.6 Å². The molecular formula is C15H21NO4S. The van der Waals surface area contributed by atoms with Crippen molar-refractivity contribution in [1.82, 2.24) is 5.32 Å². The Morgan fingerprint density at radius 2 is 1.71 bits per heavy atom. The highest BCUT2D eigenvalue weighted by atomic mass is 32.2. The molecule has 6 heteroatoms. The van der Waals surface area contributed by atoms with Crippen molar-refractivity contribution in [3.63, 3.8) is 0 Å². The molecule has 1 N–H and O–H groups in total. The zero-order valence-electron chi connectivity index (χ0n) is 12.5. The highest BCUT2D eigenvalue weighted by molar-refractivity contribution is 7.91. The van der Waals surface area contributed by atoms with E-state index in [4.69, 9.17) is 0 Å². The van der Waals surface area contributed by atoms with Crippen LogP contribution in [0.15, 0.2) is 30.3 Å². The Kier molecular flexibility index (Phi) is 6.08. The maximum absolute atomic E-state index is 12.0. The maximum Gasteiger partial charge on any atom is 0.235 e. The largest absolute Gasteiger partial charge is 0.345 e. The lowest BCUT2D eigenvalue weighted by atomic mass is 10.0.